The Kier molecular flexibility index (Phi) is 7.12. The monoisotopic (exact) mass is 544 g/mol. The number of anilines is 2. The second kappa shape index (κ2) is 11.2. The summed E-state index contributed by atoms with van der Waals surface area (Å²) in [6.45, 7) is 2.32. The number of rotatable bonds is 6. The van der Waals surface area contributed by atoms with Gasteiger partial charge >= 0.3 is 0 Å². The van der Waals surface area contributed by atoms with Gasteiger partial charge in [-0.1, -0.05) is 54.6 Å². The van der Waals surface area contributed by atoms with Gasteiger partial charge in [-0.05, 0) is 61.0 Å². The summed E-state index contributed by atoms with van der Waals surface area (Å²) in [4.78, 5) is 25.5. The quantitative estimate of drug-likeness (QED) is 0.277. The van der Waals surface area contributed by atoms with Crippen LogP contribution in [0.4, 0.5) is 17.1 Å². The van der Waals surface area contributed by atoms with Crippen molar-refractivity contribution in [3.05, 3.63) is 125 Å². The van der Waals surface area contributed by atoms with Crippen molar-refractivity contribution in [2.75, 3.05) is 36.3 Å². The van der Waals surface area contributed by atoms with Gasteiger partial charge in [0.2, 0.25) is 0 Å². The van der Waals surface area contributed by atoms with E-state index in [4.69, 9.17) is 9.73 Å². The highest BCUT2D eigenvalue weighted by molar-refractivity contribution is 5.96. The third-order valence-electron chi connectivity index (χ3n) is 7.28. The predicted molar refractivity (Wildman–Crippen MR) is 166 cm³/mol. The Morgan fingerprint density at radius 2 is 1.59 bits per heavy atom. The van der Waals surface area contributed by atoms with E-state index in [1.54, 1.807) is 6.07 Å². The topological polar surface area (TPSA) is 83.8 Å². The molecule has 8 nitrogen and oxygen atoms in total. The van der Waals surface area contributed by atoms with E-state index in [-0.39, 0.29) is 11.5 Å². The number of nitrogens with one attached hydrogen (secondary N) is 2. The average molecular weight is 545 g/mol. The van der Waals surface area contributed by atoms with Crippen molar-refractivity contribution in [1.29, 1.82) is 0 Å². The summed E-state index contributed by atoms with van der Waals surface area (Å²) in [7, 11) is 4.04. The van der Waals surface area contributed by atoms with Gasteiger partial charge in [0, 0.05) is 32.0 Å². The van der Waals surface area contributed by atoms with Crippen molar-refractivity contribution in [3.8, 4) is 5.75 Å². The molecule has 5 aromatic rings. The molecular weight excluding hydrogens is 512 g/mol. The molecule has 0 spiro atoms. The maximum absolute atomic E-state index is 13.6. The van der Waals surface area contributed by atoms with Crippen LogP contribution in [0.3, 0.4) is 0 Å². The summed E-state index contributed by atoms with van der Waals surface area (Å²) >= 11 is 0. The van der Waals surface area contributed by atoms with E-state index in [9.17, 15) is 4.79 Å². The van der Waals surface area contributed by atoms with Gasteiger partial charge in [-0.25, -0.2) is 14.7 Å². The van der Waals surface area contributed by atoms with Crippen molar-refractivity contribution in [2.24, 2.45) is 10.9 Å². The Bertz CT molecular complexity index is 1760. The Morgan fingerprint density at radius 3 is 2.37 bits per heavy atom. The van der Waals surface area contributed by atoms with E-state index in [2.05, 4.69) is 44.9 Å². The third kappa shape index (κ3) is 5.36. The molecule has 1 aromatic heterocycles. The predicted octanol–water partition coefficient (Wildman–Crippen LogP) is 5.91. The number of benzene rings is 4. The normalized spacial score (nSPS) is 16.2. The van der Waals surface area contributed by atoms with Crippen molar-refractivity contribution in [3.63, 3.8) is 0 Å². The van der Waals surface area contributed by atoms with Crippen LogP contribution in [0.15, 0.2) is 113 Å². The van der Waals surface area contributed by atoms with Gasteiger partial charge in [0.25, 0.3) is 5.56 Å². The fraction of sp³-hybridized carbons (Fsp3) is 0.182. The molecule has 6 rings (SSSR count). The number of fused-ring (bicyclic) bond motifs is 2. The fourth-order valence-electron chi connectivity index (χ4n) is 5.07. The van der Waals surface area contributed by atoms with Crippen LogP contribution in [0, 0.1) is 12.8 Å². The first-order valence-corrected chi connectivity index (χ1v) is 13.6. The Balaban J connectivity index is 1.48. The SMILES string of the molecule is Cc1nc2ccccc2c(=O)n1NC1=Nc2ccccc2OC(c2ccc(N(C)C)cc2)C1CNc1ccccc1. The Hall–Kier alpha value is -5.11. The van der Waals surface area contributed by atoms with Crippen LogP contribution < -0.4 is 25.9 Å². The molecule has 41 heavy (non-hydrogen) atoms. The molecule has 0 aliphatic carbocycles. The van der Waals surface area contributed by atoms with Gasteiger partial charge in [0.1, 0.15) is 29.2 Å². The smallest absolute Gasteiger partial charge is 0.280 e. The number of aryl methyl sites for hydroxylation is 1. The van der Waals surface area contributed by atoms with Crippen LogP contribution in [0.25, 0.3) is 10.9 Å². The first-order valence-electron chi connectivity index (χ1n) is 13.6. The highest BCUT2D eigenvalue weighted by atomic mass is 16.5. The molecule has 0 fully saturated rings. The molecule has 2 heterocycles. The summed E-state index contributed by atoms with van der Waals surface area (Å²) in [5, 5.41) is 4.09. The van der Waals surface area contributed by atoms with E-state index in [0.717, 1.165) is 16.9 Å². The summed E-state index contributed by atoms with van der Waals surface area (Å²) in [5.74, 6) is 1.51. The summed E-state index contributed by atoms with van der Waals surface area (Å²) in [5.41, 5.74) is 7.61. The van der Waals surface area contributed by atoms with Gasteiger partial charge in [-0.15, -0.1) is 0 Å². The highest BCUT2D eigenvalue weighted by Gasteiger charge is 2.34. The van der Waals surface area contributed by atoms with Crippen LogP contribution >= 0.6 is 0 Å². The largest absolute Gasteiger partial charge is 0.483 e. The minimum atomic E-state index is -0.401. The molecule has 8 heteroatoms. The molecule has 1 aliphatic rings. The third-order valence-corrected chi connectivity index (χ3v) is 7.28. The first kappa shape index (κ1) is 26.1. The van der Waals surface area contributed by atoms with Crippen LogP contribution in [0.5, 0.6) is 5.75 Å². The zero-order valence-electron chi connectivity index (χ0n) is 23.3. The zero-order chi connectivity index (χ0) is 28.3. The van der Waals surface area contributed by atoms with Gasteiger partial charge in [0.05, 0.1) is 16.8 Å². The lowest BCUT2D eigenvalue weighted by molar-refractivity contribution is 0.175. The lowest BCUT2D eigenvalue weighted by Crippen LogP contribution is -2.42. The molecule has 0 saturated heterocycles. The van der Waals surface area contributed by atoms with Crippen LogP contribution in [0.1, 0.15) is 17.5 Å². The van der Waals surface area contributed by atoms with Crippen molar-refractivity contribution in [2.45, 2.75) is 13.0 Å². The molecule has 1 aliphatic heterocycles. The van der Waals surface area contributed by atoms with E-state index >= 15 is 0 Å². The average Bonchev–Trinajstić information content (AvgIpc) is 3.15. The second-order valence-corrected chi connectivity index (χ2v) is 10.3. The highest BCUT2D eigenvalue weighted by Crippen LogP contribution is 2.39. The minimum absolute atomic E-state index is 0.184. The minimum Gasteiger partial charge on any atom is -0.483 e. The maximum Gasteiger partial charge on any atom is 0.280 e. The molecular formula is C33H32N6O2. The Morgan fingerprint density at radius 1 is 0.878 bits per heavy atom. The number of hydrogen-bond donors (Lipinski definition) is 2. The number of para-hydroxylation sites is 4. The van der Waals surface area contributed by atoms with E-state index in [1.165, 1.54) is 4.68 Å². The van der Waals surface area contributed by atoms with Crippen LogP contribution in [0.2, 0.25) is 0 Å². The first-order chi connectivity index (χ1) is 20.0. The standard InChI is InChI=1S/C33H32N6O2/c1-22-35-28-14-8-7-13-26(28)33(40)39(22)37-32-27(21-34-24-11-5-4-6-12-24)31(23-17-19-25(20-18-23)38(2)3)41-30-16-10-9-15-29(30)36-32/h4-20,27,31,34H,21H2,1-3H3,(H,36,37). The van der Waals surface area contributed by atoms with Gasteiger partial charge in [-0.3, -0.25) is 10.2 Å². The van der Waals surface area contributed by atoms with E-state index in [1.807, 2.05) is 93.8 Å². The number of ether oxygens (including phenoxy) is 1. The molecule has 2 atom stereocenters. The number of nitrogens with zero attached hydrogens (tertiary/aromatic N) is 4. The maximum atomic E-state index is 13.6. The zero-order valence-corrected chi connectivity index (χ0v) is 23.3. The van der Waals surface area contributed by atoms with Crippen molar-refractivity contribution < 1.29 is 4.74 Å². The molecule has 0 radical (unpaired) electrons. The molecule has 0 saturated carbocycles. The van der Waals surface area contributed by atoms with Crippen molar-refractivity contribution in [1.82, 2.24) is 9.66 Å². The summed E-state index contributed by atoms with van der Waals surface area (Å²) < 4.78 is 8.21. The summed E-state index contributed by atoms with van der Waals surface area (Å²) in [6.07, 6.45) is -0.401. The molecule has 2 unspecified atom stereocenters. The van der Waals surface area contributed by atoms with Gasteiger partial charge in [0.15, 0.2) is 0 Å². The Labute approximate surface area is 238 Å². The number of aliphatic imine (C=N–C) groups is 1. The van der Waals surface area contributed by atoms with Crippen molar-refractivity contribution >= 4 is 33.8 Å². The molecule has 206 valence electrons. The lowest BCUT2D eigenvalue weighted by atomic mass is 9.93. The summed E-state index contributed by atoms with van der Waals surface area (Å²) in [6, 6.07) is 33.5. The number of aromatic nitrogens is 2. The van der Waals surface area contributed by atoms with Crippen LogP contribution in [-0.4, -0.2) is 36.1 Å². The molecule has 0 amide bonds. The lowest BCUT2D eigenvalue weighted by Gasteiger charge is -2.29. The van der Waals surface area contributed by atoms with Crippen LogP contribution in [-0.2, 0) is 0 Å². The molecule has 4 aromatic carbocycles. The second-order valence-electron chi connectivity index (χ2n) is 10.3. The van der Waals surface area contributed by atoms with E-state index < -0.39 is 6.10 Å². The van der Waals surface area contributed by atoms with E-state index in [0.29, 0.717) is 40.5 Å². The fourth-order valence-corrected chi connectivity index (χ4v) is 5.07. The van der Waals surface area contributed by atoms with Gasteiger partial charge in [-0.2, -0.15) is 0 Å². The molecule has 0 bridgehead atoms. The number of amidine groups is 1. The number of hydrogen-bond acceptors (Lipinski definition) is 7. The molecule has 2 N–H and O–H groups in total. The van der Waals surface area contributed by atoms with Gasteiger partial charge < -0.3 is 15.0 Å².